The maximum atomic E-state index is 2.68. The Morgan fingerprint density at radius 1 is 0.652 bits per heavy atom. The Hall–Kier alpha value is -0.956. The molecule has 0 atom stereocenters. The predicted octanol–water partition coefficient (Wildman–Crippen LogP) is 5.76. The average Bonchev–Trinajstić information content (AvgIpc) is 2.47. The lowest BCUT2D eigenvalue weighted by atomic mass is 10.4. The van der Waals surface area contributed by atoms with E-state index in [1.54, 1.807) is 0 Å². The van der Waals surface area contributed by atoms with Crippen LogP contribution in [0.3, 0.4) is 0 Å². The maximum Gasteiger partial charge on any atom is 0.0682 e. The molecule has 0 unspecified atom stereocenters. The summed E-state index contributed by atoms with van der Waals surface area (Å²) in [5.74, 6) is 2.68. The molecule has 0 nitrogen and oxygen atoms in total. The largest absolute Gasteiger partial charge is 0.0901 e. The second-order valence-corrected chi connectivity index (χ2v) is 20.7. The summed E-state index contributed by atoms with van der Waals surface area (Å²) in [6.45, 7) is 15.0. The van der Waals surface area contributed by atoms with Crippen LogP contribution >= 0.6 is 7.92 Å². The molecule has 3 heteroatoms. The molecule has 0 spiro atoms. The van der Waals surface area contributed by atoms with Crippen molar-refractivity contribution in [2.75, 3.05) is 0 Å². The Kier molecular flexibility index (Phi) is 5.83. The lowest BCUT2D eigenvalue weighted by Crippen LogP contribution is -2.40. The molecule has 0 fully saturated rings. The third-order valence-electron chi connectivity index (χ3n) is 3.94. The highest BCUT2D eigenvalue weighted by Crippen LogP contribution is 2.40. The molecule has 23 heavy (non-hydrogen) atoms. The zero-order valence-corrected chi connectivity index (χ0v) is 18.2. The molecule has 0 bridgehead atoms. The quantitative estimate of drug-likeness (QED) is 0.472. The molecule has 0 saturated heterocycles. The van der Waals surface area contributed by atoms with Crippen molar-refractivity contribution in [2.45, 2.75) is 39.3 Å². The molecule has 0 N–H and O–H groups in total. The van der Waals surface area contributed by atoms with Crippen molar-refractivity contribution in [3.63, 3.8) is 0 Å². The van der Waals surface area contributed by atoms with Crippen LogP contribution in [0.1, 0.15) is 0 Å². The van der Waals surface area contributed by atoms with E-state index in [4.69, 9.17) is 0 Å². The fourth-order valence-electron chi connectivity index (χ4n) is 3.12. The van der Waals surface area contributed by atoms with Gasteiger partial charge in [0.1, 0.15) is 0 Å². The van der Waals surface area contributed by atoms with Gasteiger partial charge in [-0.2, -0.15) is 0 Å². The van der Waals surface area contributed by atoms with Gasteiger partial charge in [0.15, 0.2) is 0 Å². The van der Waals surface area contributed by atoms with E-state index in [-0.39, 0.29) is 0 Å². The first-order chi connectivity index (χ1) is 10.7. The van der Waals surface area contributed by atoms with Gasteiger partial charge in [-0.05, 0) is 18.5 Å². The Balaban J connectivity index is 2.60. The van der Waals surface area contributed by atoms with Gasteiger partial charge in [0.25, 0.3) is 0 Å². The van der Waals surface area contributed by atoms with E-state index in [1.165, 1.54) is 10.6 Å². The fraction of sp³-hybridized carbons (Fsp3) is 0.300. The van der Waals surface area contributed by atoms with Gasteiger partial charge in [0, 0.05) is 0 Å². The standard InChI is InChI=1S/C20H29PSi2/c1-22(2,3)20(23(4,5)6)17-21(18-13-9-7-10-14-18)19-15-11-8-12-16-19/h7-17H,1-6H3. The van der Waals surface area contributed by atoms with Gasteiger partial charge in [-0.1, -0.05) is 111 Å². The second kappa shape index (κ2) is 7.29. The van der Waals surface area contributed by atoms with Crippen molar-refractivity contribution in [3.05, 3.63) is 71.3 Å². The zero-order chi connectivity index (χ0) is 17.1. The molecule has 2 aromatic rings. The third-order valence-corrected chi connectivity index (χ3v) is 14.7. The molecule has 122 valence electrons. The molecular weight excluding hydrogens is 327 g/mol. The monoisotopic (exact) mass is 356 g/mol. The number of hydrogen-bond acceptors (Lipinski definition) is 0. The van der Waals surface area contributed by atoms with Gasteiger partial charge in [-0.25, -0.2) is 0 Å². The Bertz CT molecular complexity index is 594. The summed E-state index contributed by atoms with van der Waals surface area (Å²) in [5, 5.41) is 2.92. The Morgan fingerprint density at radius 3 is 1.30 bits per heavy atom. The molecule has 0 aromatic heterocycles. The first kappa shape index (κ1) is 18.4. The van der Waals surface area contributed by atoms with Gasteiger partial charge in [-0.3, -0.25) is 0 Å². The van der Waals surface area contributed by atoms with Crippen LogP contribution in [0.15, 0.2) is 71.3 Å². The number of rotatable bonds is 5. The van der Waals surface area contributed by atoms with Crippen LogP contribution in [-0.2, 0) is 0 Å². The van der Waals surface area contributed by atoms with Crippen molar-refractivity contribution >= 4 is 34.7 Å². The van der Waals surface area contributed by atoms with Crippen LogP contribution in [0.2, 0.25) is 39.3 Å². The van der Waals surface area contributed by atoms with Gasteiger partial charge in [0.05, 0.1) is 16.1 Å². The molecule has 0 saturated carbocycles. The summed E-state index contributed by atoms with van der Waals surface area (Å²) in [6.07, 6.45) is 0. The molecule has 0 aliphatic carbocycles. The topological polar surface area (TPSA) is 0 Å². The van der Waals surface area contributed by atoms with E-state index < -0.39 is 24.1 Å². The molecule has 2 rings (SSSR count). The van der Waals surface area contributed by atoms with Gasteiger partial charge >= 0.3 is 0 Å². The zero-order valence-electron chi connectivity index (χ0n) is 15.3. The molecule has 0 heterocycles. The van der Waals surface area contributed by atoms with Crippen molar-refractivity contribution in [1.82, 2.24) is 0 Å². The highest BCUT2D eigenvalue weighted by Gasteiger charge is 2.32. The highest BCUT2D eigenvalue weighted by atomic mass is 31.1. The fourth-order valence-corrected chi connectivity index (χ4v) is 17.8. The van der Waals surface area contributed by atoms with Crippen LogP contribution in [0, 0.1) is 0 Å². The lowest BCUT2D eigenvalue weighted by Gasteiger charge is -2.33. The highest BCUT2D eigenvalue weighted by molar-refractivity contribution is 7.76. The summed E-state index contributed by atoms with van der Waals surface area (Å²) >= 11 is 0. The molecule has 2 aromatic carbocycles. The van der Waals surface area contributed by atoms with Crippen molar-refractivity contribution < 1.29 is 0 Å². The van der Waals surface area contributed by atoms with Crippen LogP contribution in [0.25, 0.3) is 0 Å². The minimum atomic E-state index is -1.31. The third kappa shape index (κ3) is 5.01. The average molecular weight is 357 g/mol. The van der Waals surface area contributed by atoms with E-state index in [1.807, 2.05) is 4.82 Å². The van der Waals surface area contributed by atoms with Crippen LogP contribution < -0.4 is 10.6 Å². The van der Waals surface area contributed by atoms with Crippen LogP contribution in [0.5, 0.6) is 0 Å². The van der Waals surface area contributed by atoms with E-state index in [2.05, 4.69) is 106 Å². The van der Waals surface area contributed by atoms with Crippen LogP contribution in [0.4, 0.5) is 0 Å². The van der Waals surface area contributed by atoms with Gasteiger partial charge < -0.3 is 0 Å². The number of benzene rings is 2. The normalized spacial score (nSPS) is 12.3. The molecular formula is C20H29PSi2. The van der Waals surface area contributed by atoms with Crippen molar-refractivity contribution in [1.29, 1.82) is 0 Å². The lowest BCUT2D eigenvalue weighted by molar-refractivity contribution is 1.64. The summed E-state index contributed by atoms with van der Waals surface area (Å²) in [6, 6.07) is 22.1. The molecule has 0 radical (unpaired) electrons. The second-order valence-electron chi connectivity index (χ2n) is 8.08. The first-order valence-electron chi connectivity index (χ1n) is 8.32. The first-order valence-corrected chi connectivity index (χ1v) is 16.7. The molecule has 0 amide bonds. The summed E-state index contributed by atoms with van der Waals surface area (Å²) in [5.41, 5.74) is 0. The minimum absolute atomic E-state index is 0.411. The van der Waals surface area contributed by atoms with E-state index in [0.717, 1.165) is 0 Å². The minimum Gasteiger partial charge on any atom is -0.0901 e. The maximum absolute atomic E-state index is 2.68. The molecule has 0 aliphatic rings. The van der Waals surface area contributed by atoms with E-state index in [0.29, 0.717) is 0 Å². The Labute approximate surface area is 145 Å². The van der Waals surface area contributed by atoms with Crippen LogP contribution in [-0.4, -0.2) is 16.1 Å². The summed E-state index contributed by atoms with van der Waals surface area (Å²) in [7, 11) is -3.03. The molecule has 0 aliphatic heterocycles. The summed E-state index contributed by atoms with van der Waals surface area (Å²) in [4.78, 5) is 1.81. The smallest absolute Gasteiger partial charge is 0.0682 e. The number of hydrogen-bond donors (Lipinski definition) is 0. The van der Waals surface area contributed by atoms with E-state index >= 15 is 0 Å². The van der Waals surface area contributed by atoms with Crippen molar-refractivity contribution in [3.8, 4) is 0 Å². The van der Waals surface area contributed by atoms with Gasteiger partial charge in [-0.15, -0.1) is 0 Å². The van der Waals surface area contributed by atoms with Crippen molar-refractivity contribution in [2.24, 2.45) is 0 Å². The SMILES string of the molecule is C[Si](C)(C)C(=CP(c1ccccc1)c1ccccc1)[Si](C)(C)C. The van der Waals surface area contributed by atoms with E-state index in [9.17, 15) is 0 Å². The van der Waals surface area contributed by atoms with Gasteiger partial charge in [0.2, 0.25) is 0 Å². The summed E-state index contributed by atoms with van der Waals surface area (Å²) < 4.78 is 0. The predicted molar refractivity (Wildman–Crippen MR) is 114 cm³/mol. The Morgan fingerprint density at radius 2 is 1.00 bits per heavy atom.